The molecule has 1 saturated carbocycles. The SMILES string of the molecule is COc1cc(CN)cc(OC)c1OCCC1CC1. The summed E-state index contributed by atoms with van der Waals surface area (Å²) in [6.45, 7) is 1.16. The molecule has 2 N–H and O–H groups in total. The van der Waals surface area contributed by atoms with Gasteiger partial charge in [-0.3, -0.25) is 0 Å². The van der Waals surface area contributed by atoms with Crippen LogP contribution in [-0.4, -0.2) is 20.8 Å². The lowest BCUT2D eigenvalue weighted by molar-refractivity contribution is 0.265. The zero-order valence-electron chi connectivity index (χ0n) is 11.1. The highest BCUT2D eigenvalue weighted by atomic mass is 16.5. The largest absolute Gasteiger partial charge is 0.493 e. The molecule has 0 unspecified atom stereocenters. The maximum Gasteiger partial charge on any atom is 0.203 e. The first-order valence-corrected chi connectivity index (χ1v) is 6.36. The van der Waals surface area contributed by atoms with Gasteiger partial charge in [-0.15, -0.1) is 0 Å². The van der Waals surface area contributed by atoms with Crippen molar-refractivity contribution in [3.8, 4) is 17.2 Å². The first-order valence-electron chi connectivity index (χ1n) is 6.36. The topological polar surface area (TPSA) is 53.7 Å². The molecular formula is C14H21NO3. The summed E-state index contributed by atoms with van der Waals surface area (Å²) in [5.41, 5.74) is 6.61. The Balaban J connectivity index is 2.12. The van der Waals surface area contributed by atoms with Gasteiger partial charge in [0.05, 0.1) is 20.8 Å². The molecule has 2 rings (SSSR count). The standard InChI is InChI=1S/C14H21NO3/c1-16-12-7-11(9-15)8-13(17-2)14(12)18-6-5-10-3-4-10/h7-8,10H,3-6,9,15H2,1-2H3. The van der Waals surface area contributed by atoms with E-state index in [1.54, 1.807) is 14.2 Å². The van der Waals surface area contributed by atoms with Gasteiger partial charge < -0.3 is 19.9 Å². The van der Waals surface area contributed by atoms with Crippen LogP contribution in [0.15, 0.2) is 12.1 Å². The van der Waals surface area contributed by atoms with Crippen LogP contribution in [0.25, 0.3) is 0 Å². The van der Waals surface area contributed by atoms with Crippen LogP contribution >= 0.6 is 0 Å². The molecule has 1 aliphatic rings. The highest BCUT2D eigenvalue weighted by molar-refractivity contribution is 5.53. The highest BCUT2D eigenvalue weighted by Gasteiger charge is 2.21. The summed E-state index contributed by atoms with van der Waals surface area (Å²) < 4.78 is 16.5. The number of rotatable bonds is 7. The molecule has 1 aromatic carbocycles. The van der Waals surface area contributed by atoms with Crippen LogP contribution in [0.4, 0.5) is 0 Å². The van der Waals surface area contributed by atoms with Crippen molar-refractivity contribution in [1.29, 1.82) is 0 Å². The van der Waals surface area contributed by atoms with Crippen molar-refractivity contribution in [3.05, 3.63) is 17.7 Å². The van der Waals surface area contributed by atoms with Gasteiger partial charge in [-0.2, -0.15) is 0 Å². The van der Waals surface area contributed by atoms with Crippen molar-refractivity contribution >= 4 is 0 Å². The molecule has 1 aromatic rings. The summed E-state index contributed by atoms with van der Waals surface area (Å²) in [5, 5.41) is 0. The molecule has 1 fully saturated rings. The van der Waals surface area contributed by atoms with Crippen LogP contribution in [0.5, 0.6) is 17.2 Å². The lowest BCUT2D eigenvalue weighted by atomic mass is 10.2. The maximum absolute atomic E-state index is 5.81. The Morgan fingerprint density at radius 1 is 1.17 bits per heavy atom. The Morgan fingerprint density at radius 2 is 1.78 bits per heavy atom. The second-order valence-corrected chi connectivity index (χ2v) is 4.61. The number of hydrogen-bond donors (Lipinski definition) is 1. The summed E-state index contributed by atoms with van der Waals surface area (Å²) in [6, 6.07) is 3.80. The van der Waals surface area contributed by atoms with E-state index in [0.29, 0.717) is 30.4 Å². The number of hydrogen-bond acceptors (Lipinski definition) is 4. The molecule has 0 heterocycles. The Morgan fingerprint density at radius 3 is 2.22 bits per heavy atom. The van der Waals surface area contributed by atoms with Crippen LogP contribution < -0.4 is 19.9 Å². The van der Waals surface area contributed by atoms with Crippen molar-refractivity contribution < 1.29 is 14.2 Å². The first-order chi connectivity index (χ1) is 8.78. The molecule has 100 valence electrons. The number of methoxy groups -OCH3 is 2. The fraction of sp³-hybridized carbons (Fsp3) is 0.571. The number of benzene rings is 1. The maximum atomic E-state index is 5.81. The summed E-state index contributed by atoms with van der Waals surface area (Å²) in [6.07, 6.45) is 3.78. The smallest absolute Gasteiger partial charge is 0.203 e. The van der Waals surface area contributed by atoms with Crippen LogP contribution in [0.1, 0.15) is 24.8 Å². The molecular weight excluding hydrogens is 230 g/mol. The van der Waals surface area contributed by atoms with Gasteiger partial charge in [-0.25, -0.2) is 0 Å². The minimum absolute atomic E-state index is 0.453. The average molecular weight is 251 g/mol. The van der Waals surface area contributed by atoms with Gasteiger partial charge in [0.15, 0.2) is 11.5 Å². The highest BCUT2D eigenvalue weighted by Crippen LogP contribution is 2.39. The Kier molecular flexibility index (Phi) is 4.31. The van der Waals surface area contributed by atoms with Crippen molar-refractivity contribution in [2.24, 2.45) is 11.7 Å². The zero-order valence-corrected chi connectivity index (χ0v) is 11.1. The van der Waals surface area contributed by atoms with Crippen LogP contribution in [0.2, 0.25) is 0 Å². The monoisotopic (exact) mass is 251 g/mol. The van der Waals surface area contributed by atoms with E-state index in [2.05, 4.69) is 0 Å². The average Bonchev–Trinajstić information content (AvgIpc) is 3.22. The van der Waals surface area contributed by atoms with Gasteiger partial charge in [-0.05, 0) is 30.0 Å². The van der Waals surface area contributed by atoms with Gasteiger partial charge in [-0.1, -0.05) is 12.8 Å². The Hall–Kier alpha value is -1.42. The molecule has 0 amide bonds. The molecule has 0 saturated heterocycles. The predicted molar refractivity (Wildman–Crippen MR) is 70.3 cm³/mol. The number of nitrogens with two attached hydrogens (primary N) is 1. The van der Waals surface area contributed by atoms with Crippen molar-refractivity contribution in [2.75, 3.05) is 20.8 Å². The zero-order chi connectivity index (χ0) is 13.0. The summed E-state index contributed by atoms with van der Waals surface area (Å²) in [4.78, 5) is 0. The molecule has 0 atom stereocenters. The quantitative estimate of drug-likeness (QED) is 0.808. The van der Waals surface area contributed by atoms with Crippen molar-refractivity contribution in [3.63, 3.8) is 0 Å². The molecule has 0 bridgehead atoms. The fourth-order valence-electron chi connectivity index (χ4n) is 1.93. The molecule has 18 heavy (non-hydrogen) atoms. The van der Waals surface area contributed by atoms with Crippen molar-refractivity contribution in [2.45, 2.75) is 25.8 Å². The van der Waals surface area contributed by atoms with Crippen LogP contribution in [-0.2, 0) is 6.54 Å². The summed E-state index contributed by atoms with van der Waals surface area (Å²) in [5.74, 6) is 2.90. The lowest BCUT2D eigenvalue weighted by Gasteiger charge is -2.15. The van der Waals surface area contributed by atoms with E-state index >= 15 is 0 Å². The third-order valence-electron chi connectivity index (χ3n) is 3.23. The molecule has 0 aliphatic heterocycles. The minimum Gasteiger partial charge on any atom is -0.493 e. The van der Waals surface area contributed by atoms with E-state index in [-0.39, 0.29) is 0 Å². The van der Waals surface area contributed by atoms with Crippen LogP contribution in [0.3, 0.4) is 0 Å². The third-order valence-corrected chi connectivity index (χ3v) is 3.23. The van der Waals surface area contributed by atoms with Crippen molar-refractivity contribution in [1.82, 2.24) is 0 Å². The van der Waals surface area contributed by atoms with E-state index in [1.807, 2.05) is 12.1 Å². The molecule has 4 nitrogen and oxygen atoms in total. The summed E-state index contributed by atoms with van der Waals surface area (Å²) >= 11 is 0. The van der Waals surface area contributed by atoms with E-state index < -0.39 is 0 Å². The van der Waals surface area contributed by atoms with E-state index in [9.17, 15) is 0 Å². The molecule has 0 spiro atoms. The first kappa shape index (κ1) is 13.0. The van der Waals surface area contributed by atoms with E-state index in [1.165, 1.54) is 12.8 Å². The Bertz CT molecular complexity index is 377. The molecule has 1 aliphatic carbocycles. The second-order valence-electron chi connectivity index (χ2n) is 4.61. The molecule has 0 radical (unpaired) electrons. The third kappa shape index (κ3) is 3.07. The minimum atomic E-state index is 0.453. The Labute approximate surface area is 108 Å². The van der Waals surface area contributed by atoms with E-state index in [4.69, 9.17) is 19.9 Å². The molecule has 4 heteroatoms. The van der Waals surface area contributed by atoms with E-state index in [0.717, 1.165) is 17.9 Å². The second kappa shape index (κ2) is 5.96. The normalized spacial score (nSPS) is 14.4. The van der Waals surface area contributed by atoms with Gasteiger partial charge in [0, 0.05) is 6.54 Å². The number of ether oxygens (including phenoxy) is 3. The van der Waals surface area contributed by atoms with Gasteiger partial charge >= 0.3 is 0 Å². The fourth-order valence-corrected chi connectivity index (χ4v) is 1.93. The molecule has 0 aromatic heterocycles. The van der Waals surface area contributed by atoms with Gasteiger partial charge in [0.25, 0.3) is 0 Å². The van der Waals surface area contributed by atoms with Crippen LogP contribution in [0, 0.1) is 5.92 Å². The summed E-state index contributed by atoms with van der Waals surface area (Å²) in [7, 11) is 3.26. The predicted octanol–water partition coefficient (Wildman–Crippen LogP) is 2.34. The van der Waals surface area contributed by atoms with Gasteiger partial charge in [0.2, 0.25) is 5.75 Å². The lowest BCUT2D eigenvalue weighted by Crippen LogP contribution is -2.04. The van der Waals surface area contributed by atoms with Gasteiger partial charge in [0.1, 0.15) is 0 Å².